The topological polar surface area (TPSA) is 70.1 Å². The Kier molecular flexibility index (Phi) is 4.99. The molecule has 1 atom stereocenters. The molecule has 7 heteroatoms. The van der Waals surface area contributed by atoms with Crippen molar-refractivity contribution in [2.45, 2.75) is 33.6 Å². The number of rotatable bonds is 3. The fraction of sp³-hybridized carbons (Fsp3) is 0.471. The van der Waals surface area contributed by atoms with Crippen LogP contribution in [0.1, 0.15) is 30.9 Å². The highest BCUT2D eigenvalue weighted by Crippen LogP contribution is 2.28. The molecule has 0 spiro atoms. The van der Waals surface area contributed by atoms with Gasteiger partial charge in [-0.25, -0.2) is 4.79 Å². The number of nitrogens with zero attached hydrogens (tertiary/aromatic N) is 3. The lowest BCUT2D eigenvalue weighted by molar-refractivity contribution is 0.262. The molecule has 1 aliphatic rings. The van der Waals surface area contributed by atoms with E-state index < -0.39 is 0 Å². The summed E-state index contributed by atoms with van der Waals surface area (Å²) in [4.78, 5) is 14.4. The van der Waals surface area contributed by atoms with Crippen LogP contribution in [-0.4, -0.2) is 29.3 Å². The van der Waals surface area contributed by atoms with E-state index in [1.165, 1.54) is 29.7 Å². The maximum Gasteiger partial charge on any atom is 0.325 e. The average molecular weight is 345 g/mol. The van der Waals surface area contributed by atoms with Crippen molar-refractivity contribution in [1.82, 2.24) is 10.2 Å². The van der Waals surface area contributed by atoms with Crippen molar-refractivity contribution in [3.63, 3.8) is 0 Å². The molecule has 0 saturated carbocycles. The third-order valence-electron chi connectivity index (χ3n) is 4.19. The van der Waals surface area contributed by atoms with E-state index in [0.717, 1.165) is 29.5 Å². The maximum atomic E-state index is 12.2. The van der Waals surface area contributed by atoms with E-state index in [4.69, 9.17) is 0 Å². The molecule has 1 saturated heterocycles. The first kappa shape index (κ1) is 16.7. The van der Waals surface area contributed by atoms with Gasteiger partial charge in [-0.2, -0.15) is 0 Å². The molecular weight excluding hydrogens is 322 g/mol. The first-order valence-corrected chi connectivity index (χ1v) is 9.06. The zero-order chi connectivity index (χ0) is 17.1. The number of benzene rings is 1. The molecule has 3 rings (SSSR count). The largest absolute Gasteiger partial charge is 0.346 e. The zero-order valence-electron chi connectivity index (χ0n) is 14.3. The summed E-state index contributed by atoms with van der Waals surface area (Å²) in [5.41, 5.74) is 3.00. The molecule has 2 amide bonds. The van der Waals surface area contributed by atoms with Crippen molar-refractivity contribution < 1.29 is 4.79 Å². The van der Waals surface area contributed by atoms with Gasteiger partial charge in [-0.05, 0) is 44.2 Å². The van der Waals surface area contributed by atoms with E-state index in [2.05, 4.69) is 32.7 Å². The highest BCUT2D eigenvalue weighted by molar-refractivity contribution is 7.19. The summed E-state index contributed by atoms with van der Waals surface area (Å²) < 4.78 is 0. The maximum absolute atomic E-state index is 12.2. The molecule has 1 aromatic heterocycles. The molecule has 0 radical (unpaired) electrons. The van der Waals surface area contributed by atoms with Crippen LogP contribution in [0, 0.1) is 19.8 Å². The zero-order valence-corrected chi connectivity index (χ0v) is 15.1. The number of hydrogen-bond acceptors (Lipinski definition) is 5. The summed E-state index contributed by atoms with van der Waals surface area (Å²) in [7, 11) is 0. The van der Waals surface area contributed by atoms with Gasteiger partial charge >= 0.3 is 6.03 Å². The van der Waals surface area contributed by atoms with Crippen molar-refractivity contribution in [2.75, 3.05) is 28.6 Å². The number of carbonyl (C=O) groups is 1. The van der Waals surface area contributed by atoms with Gasteiger partial charge in [0.15, 0.2) is 0 Å². The summed E-state index contributed by atoms with van der Waals surface area (Å²) in [6, 6.07) is 5.63. The third-order valence-corrected chi connectivity index (χ3v) is 5.09. The number of hydrogen-bond donors (Lipinski definition) is 2. The van der Waals surface area contributed by atoms with E-state index in [-0.39, 0.29) is 6.03 Å². The molecule has 0 unspecified atom stereocenters. The number of piperidine rings is 1. The standard InChI is InChI=1S/C17H23N5OS/c1-11-6-7-14(13(3)9-11)18-15(23)19-16-20-21-17(24-16)22-8-4-5-12(2)10-22/h6-7,9,12H,4-5,8,10H2,1-3H3,(H2,18,19,20,23)/t12-/m0/s1. The van der Waals surface area contributed by atoms with Gasteiger partial charge in [0.1, 0.15) is 0 Å². The van der Waals surface area contributed by atoms with Gasteiger partial charge in [0.2, 0.25) is 10.3 Å². The van der Waals surface area contributed by atoms with Gasteiger partial charge in [-0.3, -0.25) is 5.32 Å². The second kappa shape index (κ2) is 7.17. The first-order chi connectivity index (χ1) is 11.5. The number of aryl methyl sites for hydroxylation is 2. The van der Waals surface area contributed by atoms with Crippen LogP contribution in [0.5, 0.6) is 0 Å². The second-order valence-corrected chi connectivity index (χ2v) is 7.44. The van der Waals surface area contributed by atoms with Crippen LogP contribution < -0.4 is 15.5 Å². The van der Waals surface area contributed by atoms with Crippen LogP contribution in [0.4, 0.5) is 20.7 Å². The molecular formula is C17H23N5OS. The highest BCUT2D eigenvalue weighted by atomic mass is 32.1. The van der Waals surface area contributed by atoms with Crippen LogP contribution in [0.2, 0.25) is 0 Å². The fourth-order valence-corrected chi connectivity index (χ4v) is 3.74. The Morgan fingerprint density at radius 3 is 2.88 bits per heavy atom. The molecule has 6 nitrogen and oxygen atoms in total. The van der Waals surface area contributed by atoms with E-state index >= 15 is 0 Å². The van der Waals surface area contributed by atoms with Crippen molar-refractivity contribution >= 4 is 33.3 Å². The normalized spacial score (nSPS) is 17.6. The lowest BCUT2D eigenvalue weighted by atomic mass is 10.0. The predicted molar refractivity (Wildman–Crippen MR) is 99.1 cm³/mol. The van der Waals surface area contributed by atoms with Crippen molar-refractivity contribution in [3.05, 3.63) is 29.3 Å². The molecule has 1 fully saturated rings. The Balaban J connectivity index is 1.60. The Bertz CT molecular complexity index is 730. The van der Waals surface area contributed by atoms with E-state index in [1.54, 1.807) is 0 Å². The first-order valence-electron chi connectivity index (χ1n) is 8.25. The molecule has 0 bridgehead atoms. The monoisotopic (exact) mass is 345 g/mol. The Morgan fingerprint density at radius 2 is 2.12 bits per heavy atom. The molecule has 2 N–H and O–H groups in total. The lowest BCUT2D eigenvalue weighted by Crippen LogP contribution is -2.34. The molecule has 2 aromatic rings. The smallest absolute Gasteiger partial charge is 0.325 e. The molecule has 1 aliphatic heterocycles. The number of carbonyl (C=O) groups excluding carboxylic acids is 1. The van der Waals surface area contributed by atoms with Gasteiger partial charge < -0.3 is 10.2 Å². The number of anilines is 3. The van der Waals surface area contributed by atoms with Crippen LogP contribution in [0.15, 0.2) is 18.2 Å². The number of amides is 2. The number of nitrogens with one attached hydrogen (secondary N) is 2. The van der Waals surface area contributed by atoms with Gasteiger partial charge in [0, 0.05) is 18.8 Å². The van der Waals surface area contributed by atoms with Crippen LogP contribution in [-0.2, 0) is 0 Å². The molecule has 128 valence electrons. The van der Waals surface area contributed by atoms with Crippen molar-refractivity contribution in [2.24, 2.45) is 5.92 Å². The Hall–Kier alpha value is -2.15. The lowest BCUT2D eigenvalue weighted by Gasteiger charge is -2.29. The van der Waals surface area contributed by atoms with Gasteiger partial charge in [-0.15, -0.1) is 10.2 Å². The summed E-state index contributed by atoms with van der Waals surface area (Å²) in [6.07, 6.45) is 2.44. The molecule has 0 aliphatic carbocycles. The summed E-state index contributed by atoms with van der Waals surface area (Å²) in [5, 5.41) is 15.3. The third kappa shape index (κ3) is 4.03. The fourth-order valence-electron chi connectivity index (χ4n) is 2.96. The minimum absolute atomic E-state index is 0.295. The Labute approximate surface area is 146 Å². The second-order valence-electron chi connectivity index (χ2n) is 6.48. The highest BCUT2D eigenvalue weighted by Gasteiger charge is 2.20. The number of urea groups is 1. The quantitative estimate of drug-likeness (QED) is 0.881. The van der Waals surface area contributed by atoms with Gasteiger partial charge in [0.05, 0.1) is 0 Å². The Morgan fingerprint density at radius 1 is 1.29 bits per heavy atom. The number of aromatic nitrogens is 2. The van der Waals surface area contributed by atoms with Gasteiger partial charge in [0.25, 0.3) is 0 Å². The van der Waals surface area contributed by atoms with Crippen molar-refractivity contribution in [3.8, 4) is 0 Å². The molecule has 2 heterocycles. The minimum Gasteiger partial charge on any atom is -0.346 e. The predicted octanol–water partition coefficient (Wildman–Crippen LogP) is 4.04. The minimum atomic E-state index is -0.295. The molecule has 1 aromatic carbocycles. The SMILES string of the molecule is Cc1ccc(NC(=O)Nc2nnc(N3CCC[C@H](C)C3)s2)c(C)c1. The van der Waals surface area contributed by atoms with E-state index in [0.29, 0.717) is 11.0 Å². The summed E-state index contributed by atoms with van der Waals surface area (Å²) >= 11 is 1.42. The van der Waals surface area contributed by atoms with E-state index in [1.807, 2.05) is 32.0 Å². The molecule has 24 heavy (non-hydrogen) atoms. The summed E-state index contributed by atoms with van der Waals surface area (Å²) in [6.45, 7) is 8.27. The van der Waals surface area contributed by atoms with Crippen LogP contribution in [0.3, 0.4) is 0 Å². The average Bonchev–Trinajstić information content (AvgIpc) is 2.98. The van der Waals surface area contributed by atoms with Crippen LogP contribution in [0.25, 0.3) is 0 Å². The van der Waals surface area contributed by atoms with E-state index in [9.17, 15) is 4.79 Å². The van der Waals surface area contributed by atoms with Crippen LogP contribution >= 0.6 is 11.3 Å². The summed E-state index contributed by atoms with van der Waals surface area (Å²) in [5.74, 6) is 0.673. The van der Waals surface area contributed by atoms with Gasteiger partial charge in [-0.1, -0.05) is 36.0 Å². The van der Waals surface area contributed by atoms with Crippen molar-refractivity contribution in [1.29, 1.82) is 0 Å².